The van der Waals surface area contributed by atoms with Crippen molar-refractivity contribution in [3.63, 3.8) is 0 Å². The Morgan fingerprint density at radius 3 is 2.23 bits per heavy atom. The lowest BCUT2D eigenvalue weighted by Gasteiger charge is -2.35. The van der Waals surface area contributed by atoms with Gasteiger partial charge in [-0.1, -0.05) is 29.0 Å². The van der Waals surface area contributed by atoms with Crippen LogP contribution in [0, 0.1) is 11.8 Å². The SMILES string of the molecule is COc1cccc2c1/C([O-])=C1/CCCC1C1CCC/C1=C/2[O-]. The van der Waals surface area contributed by atoms with Gasteiger partial charge in [-0.05, 0) is 62.0 Å². The van der Waals surface area contributed by atoms with E-state index in [2.05, 4.69) is 0 Å². The number of allylic oxidation sites excluding steroid dienone is 2. The van der Waals surface area contributed by atoms with Gasteiger partial charge in [-0.25, -0.2) is 0 Å². The van der Waals surface area contributed by atoms with E-state index in [-0.39, 0.29) is 17.4 Å². The highest BCUT2D eigenvalue weighted by Crippen LogP contribution is 2.51. The van der Waals surface area contributed by atoms with Crippen LogP contribution in [0.25, 0.3) is 11.5 Å². The smallest absolute Gasteiger partial charge is 0.126 e. The fourth-order valence-corrected chi connectivity index (χ4v) is 4.65. The maximum Gasteiger partial charge on any atom is 0.126 e. The predicted octanol–water partition coefficient (Wildman–Crippen LogP) is 2.45. The van der Waals surface area contributed by atoms with Crippen LogP contribution in [0.2, 0.25) is 0 Å². The maximum atomic E-state index is 13.1. The Morgan fingerprint density at radius 1 is 0.955 bits per heavy atom. The van der Waals surface area contributed by atoms with Crippen LogP contribution >= 0.6 is 0 Å². The summed E-state index contributed by atoms with van der Waals surface area (Å²) in [7, 11) is 1.56. The summed E-state index contributed by atoms with van der Waals surface area (Å²) < 4.78 is 5.39. The lowest BCUT2D eigenvalue weighted by Crippen LogP contribution is -2.23. The average Bonchev–Trinajstić information content (AvgIpc) is 3.19. The average molecular weight is 296 g/mol. The molecule has 0 spiro atoms. The number of ether oxygens (including phenoxy) is 1. The number of methoxy groups -OCH3 is 1. The highest BCUT2D eigenvalue weighted by molar-refractivity contribution is 5.80. The van der Waals surface area contributed by atoms with Crippen LogP contribution in [0.1, 0.15) is 49.7 Å². The molecule has 0 aromatic heterocycles. The van der Waals surface area contributed by atoms with Crippen LogP contribution in [-0.2, 0) is 0 Å². The van der Waals surface area contributed by atoms with Crippen molar-refractivity contribution >= 4 is 11.5 Å². The molecule has 2 fully saturated rings. The Hall–Kier alpha value is -1.90. The highest BCUT2D eigenvalue weighted by Gasteiger charge is 2.36. The molecule has 0 N–H and O–H groups in total. The molecule has 2 unspecified atom stereocenters. The molecular weight excluding hydrogens is 276 g/mol. The fourth-order valence-electron chi connectivity index (χ4n) is 4.65. The maximum absolute atomic E-state index is 13.1. The number of benzene rings is 1. The van der Waals surface area contributed by atoms with Crippen LogP contribution in [0.15, 0.2) is 29.3 Å². The third-order valence-electron chi connectivity index (χ3n) is 5.60. The van der Waals surface area contributed by atoms with Crippen molar-refractivity contribution in [2.24, 2.45) is 11.8 Å². The van der Waals surface area contributed by atoms with Crippen LogP contribution < -0.4 is 14.9 Å². The fraction of sp³-hybridized carbons (Fsp3) is 0.474. The quantitative estimate of drug-likeness (QED) is 0.800. The minimum atomic E-state index is 0.0502. The van der Waals surface area contributed by atoms with Crippen molar-refractivity contribution in [2.45, 2.75) is 38.5 Å². The molecule has 3 aliphatic carbocycles. The van der Waals surface area contributed by atoms with Gasteiger partial charge in [0.2, 0.25) is 0 Å². The van der Waals surface area contributed by atoms with Crippen LogP contribution in [0.5, 0.6) is 5.75 Å². The van der Waals surface area contributed by atoms with E-state index < -0.39 is 0 Å². The molecule has 1 aromatic rings. The summed E-state index contributed by atoms with van der Waals surface area (Å²) >= 11 is 0. The molecule has 3 aliphatic rings. The minimum absolute atomic E-state index is 0.0502. The van der Waals surface area contributed by atoms with Gasteiger partial charge in [0.05, 0.1) is 7.11 Å². The molecule has 1 aromatic carbocycles. The summed E-state index contributed by atoms with van der Waals surface area (Å²) in [5.41, 5.74) is 3.12. The molecule has 0 saturated heterocycles. The molecule has 3 nitrogen and oxygen atoms in total. The largest absolute Gasteiger partial charge is 0.872 e. The second kappa shape index (κ2) is 5.08. The zero-order valence-corrected chi connectivity index (χ0v) is 12.9. The predicted molar refractivity (Wildman–Crippen MR) is 81.5 cm³/mol. The third kappa shape index (κ3) is 1.81. The minimum Gasteiger partial charge on any atom is -0.872 e. The zero-order valence-electron chi connectivity index (χ0n) is 12.9. The summed E-state index contributed by atoms with van der Waals surface area (Å²) in [6.45, 7) is 0. The molecule has 4 rings (SSSR count). The van der Waals surface area contributed by atoms with Gasteiger partial charge in [0, 0.05) is 5.56 Å². The number of fused-ring (bicyclic) bond motifs is 4. The van der Waals surface area contributed by atoms with Gasteiger partial charge in [0.15, 0.2) is 0 Å². The molecule has 2 saturated carbocycles. The van der Waals surface area contributed by atoms with Crippen LogP contribution in [0.4, 0.5) is 0 Å². The normalized spacial score (nSPS) is 33.7. The summed E-state index contributed by atoms with van der Waals surface area (Å²) in [5.74, 6) is 1.25. The topological polar surface area (TPSA) is 55.3 Å². The molecule has 0 heterocycles. The van der Waals surface area contributed by atoms with Crippen molar-refractivity contribution in [1.82, 2.24) is 0 Å². The van der Waals surface area contributed by atoms with E-state index in [4.69, 9.17) is 4.74 Å². The summed E-state index contributed by atoms with van der Waals surface area (Å²) in [5, 5.41) is 26.1. The standard InChI is InChI=1S/C19H22O3/c1-22-16-10-4-9-15-17(16)19(21)14-8-3-6-12(14)11-5-2-7-13(11)18(15)20/h4,9-12,20-21H,2-3,5-8H2,1H3/p-2/b18-13+,19-14+. The molecule has 116 valence electrons. The Labute approximate surface area is 130 Å². The van der Waals surface area contributed by atoms with E-state index in [1.165, 1.54) is 0 Å². The summed E-state index contributed by atoms with van der Waals surface area (Å²) in [6, 6.07) is 5.38. The van der Waals surface area contributed by atoms with Crippen molar-refractivity contribution in [1.29, 1.82) is 0 Å². The summed E-state index contributed by atoms with van der Waals surface area (Å²) in [4.78, 5) is 0. The number of rotatable bonds is 1. The second-order valence-electron chi connectivity index (χ2n) is 6.59. The van der Waals surface area contributed by atoms with E-state index in [0.717, 1.165) is 49.7 Å². The molecule has 2 atom stereocenters. The van der Waals surface area contributed by atoms with Gasteiger partial charge < -0.3 is 14.9 Å². The Morgan fingerprint density at radius 2 is 1.59 bits per heavy atom. The highest BCUT2D eigenvalue weighted by atomic mass is 16.5. The molecule has 0 radical (unpaired) electrons. The van der Waals surface area contributed by atoms with Gasteiger partial charge in [0.25, 0.3) is 0 Å². The van der Waals surface area contributed by atoms with Gasteiger partial charge in [0.1, 0.15) is 5.75 Å². The molecule has 3 heteroatoms. The number of hydrogen-bond donors (Lipinski definition) is 0. The van der Waals surface area contributed by atoms with Gasteiger partial charge >= 0.3 is 0 Å². The van der Waals surface area contributed by atoms with Crippen molar-refractivity contribution in [3.05, 3.63) is 40.5 Å². The first-order chi connectivity index (χ1) is 10.7. The lowest BCUT2D eigenvalue weighted by molar-refractivity contribution is -0.250. The van der Waals surface area contributed by atoms with E-state index in [9.17, 15) is 10.2 Å². The molecular formula is C19H20O3-2. The molecule has 0 amide bonds. The van der Waals surface area contributed by atoms with Crippen molar-refractivity contribution in [3.8, 4) is 5.75 Å². The van der Waals surface area contributed by atoms with Crippen molar-refractivity contribution < 1.29 is 14.9 Å². The van der Waals surface area contributed by atoms with Gasteiger partial charge in [-0.15, -0.1) is 5.76 Å². The Balaban J connectivity index is 2.04. The van der Waals surface area contributed by atoms with E-state index in [0.29, 0.717) is 22.8 Å². The first-order valence-corrected chi connectivity index (χ1v) is 8.20. The van der Waals surface area contributed by atoms with E-state index >= 15 is 0 Å². The first kappa shape index (κ1) is 13.7. The number of hydrogen-bond acceptors (Lipinski definition) is 3. The Kier molecular flexibility index (Phi) is 3.17. The molecule has 0 bridgehead atoms. The molecule has 22 heavy (non-hydrogen) atoms. The summed E-state index contributed by atoms with van der Waals surface area (Å²) in [6.07, 6.45) is 6.00. The third-order valence-corrected chi connectivity index (χ3v) is 5.60. The van der Waals surface area contributed by atoms with Crippen LogP contribution in [0.3, 0.4) is 0 Å². The second-order valence-corrected chi connectivity index (χ2v) is 6.59. The van der Waals surface area contributed by atoms with E-state index in [1.807, 2.05) is 6.07 Å². The van der Waals surface area contributed by atoms with Crippen molar-refractivity contribution in [2.75, 3.05) is 7.11 Å². The monoisotopic (exact) mass is 296 g/mol. The van der Waals surface area contributed by atoms with Crippen LogP contribution in [-0.4, -0.2) is 7.11 Å². The van der Waals surface area contributed by atoms with Gasteiger partial charge in [-0.3, -0.25) is 0 Å². The molecule has 0 aliphatic heterocycles. The van der Waals surface area contributed by atoms with E-state index in [1.54, 1.807) is 19.2 Å². The lowest BCUT2D eigenvalue weighted by atomic mass is 9.79. The van der Waals surface area contributed by atoms with Gasteiger partial charge in [-0.2, -0.15) is 0 Å². The Bertz CT molecular complexity index is 684. The first-order valence-electron chi connectivity index (χ1n) is 8.20. The zero-order chi connectivity index (χ0) is 15.3.